The number of nitrogens with one attached hydrogen (secondary N) is 1. The summed E-state index contributed by atoms with van der Waals surface area (Å²) in [6.45, 7) is 3.37. The number of hydrogen-bond donors (Lipinski definition) is 1. The third-order valence-corrected chi connectivity index (χ3v) is 6.25. The van der Waals surface area contributed by atoms with Crippen molar-refractivity contribution >= 4 is 34.7 Å². The molecule has 2 fully saturated rings. The van der Waals surface area contributed by atoms with Gasteiger partial charge in [-0.2, -0.15) is 11.3 Å². The molecule has 1 aromatic heterocycles. The summed E-state index contributed by atoms with van der Waals surface area (Å²) in [4.78, 5) is 42.2. The maximum absolute atomic E-state index is 13.3. The summed E-state index contributed by atoms with van der Waals surface area (Å²) < 4.78 is 5.33. The molecule has 8 heteroatoms. The SMILES string of the molecule is O=C(Nc1ccccc1C(=O)N1CCCC(C(=O)N2CCOCC2)C1)c1ccsc1. The van der Waals surface area contributed by atoms with Gasteiger partial charge in [0.25, 0.3) is 11.8 Å². The maximum atomic E-state index is 13.3. The lowest BCUT2D eigenvalue weighted by molar-refractivity contribution is -0.141. The summed E-state index contributed by atoms with van der Waals surface area (Å²) in [5.41, 5.74) is 1.50. The van der Waals surface area contributed by atoms with Crippen molar-refractivity contribution in [3.05, 3.63) is 52.2 Å². The minimum absolute atomic E-state index is 0.106. The molecule has 0 saturated carbocycles. The van der Waals surface area contributed by atoms with Crippen LogP contribution in [0.4, 0.5) is 5.69 Å². The second-order valence-corrected chi connectivity index (χ2v) is 8.32. The number of carbonyl (C=O) groups excluding carboxylic acids is 3. The number of amides is 3. The number of para-hydroxylation sites is 1. The zero-order valence-electron chi connectivity index (χ0n) is 16.7. The van der Waals surface area contributed by atoms with Gasteiger partial charge in [-0.25, -0.2) is 0 Å². The number of thiophene rings is 1. The summed E-state index contributed by atoms with van der Waals surface area (Å²) in [5.74, 6) is -0.477. The zero-order valence-corrected chi connectivity index (χ0v) is 17.5. The minimum Gasteiger partial charge on any atom is -0.378 e. The number of nitrogens with zero attached hydrogens (tertiary/aromatic N) is 2. The largest absolute Gasteiger partial charge is 0.378 e. The van der Waals surface area contributed by atoms with E-state index < -0.39 is 0 Å². The number of ether oxygens (including phenoxy) is 1. The van der Waals surface area contributed by atoms with Crippen molar-refractivity contribution < 1.29 is 19.1 Å². The van der Waals surface area contributed by atoms with Gasteiger partial charge in [0.1, 0.15) is 0 Å². The van der Waals surface area contributed by atoms with Crippen molar-refractivity contribution in [1.29, 1.82) is 0 Å². The Bertz CT molecular complexity index is 909. The van der Waals surface area contributed by atoms with Crippen LogP contribution in [0.5, 0.6) is 0 Å². The Morgan fingerprint density at radius 3 is 2.60 bits per heavy atom. The molecule has 1 N–H and O–H groups in total. The highest BCUT2D eigenvalue weighted by atomic mass is 32.1. The van der Waals surface area contributed by atoms with Crippen LogP contribution in [-0.4, -0.2) is 66.9 Å². The molecule has 1 atom stereocenters. The molecule has 30 heavy (non-hydrogen) atoms. The molecule has 0 bridgehead atoms. The quantitative estimate of drug-likeness (QED) is 0.814. The van der Waals surface area contributed by atoms with E-state index in [0.29, 0.717) is 56.2 Å². The molecular weight excluding hydrogens is 402 g/mol. The van der Waals surface area contributed by atoms with Gasteiger partial charge < -0.3 is 19.9 Å². The average Bonchev–Trinajstić information content (AvgIpc) is 3.34. The van der Waals surface area contributed by atoms with Crippen molar-refractivity contribution in [3.8, 4) is 0 Å². The summed E-state index contributed by atoms with van der Waals surface area (Å²) in [7, 11) is 0. The molecular formula is C22H25N3O4S. The van der Waals surface area contributed by atoms with E-state index in [1.165, 1.54) is 11.3 Å². The highest BCUT2D eigenvalue weighted by molar-refractivity contribution is 7.08. The topological polar surface area (TPSA) is 79.0 Å². The van der Waals surface area contributed by atoms with Gasteiger partial charge >= 0.3 is 0 Å². The van der Waals surface area contributed by atoms with Crippen molar-refractivity contribution in [1.82, 2.24) is 9.80 Å². The van der Waals surface area contributed by atoms with Crippen molar-refractivity contribution in [2.75, 3.05) is 44.7 Å². The van der Waals surface area contributed by atoms with Crippen LogP contribution in [0.15, 0.2) is 41.1 Å². The summed E-state index contributed by atoms with van der Waals surface area (Å²) in [6.07, 6.45) is 1.58. The van der Waals surface area contributed by atoms with E-state index in [1.54, 1.807) is 40.6 Å². The molecule has 2 aromatic rings. The average molecular weight is 428 g/mol. The van der Waals surface area contributed by atoms with Crippen LogP contribution in [0.1, 0.15) is 33.6 Å². The second kappa shape index (κ2) is 9.40. The Labute approximate surface area is 179 Å². The van der Waals surface area contributed by atoms with Gasteiger partial charge in [-0.05, 0) is 36.4 Å². The minimum atomic E-state index is -0.240. The Kier molecular flexibility index (Phi) is 6.44. The Morgan fingerprint density at radius 1 is 1.03 bits per heavy atom. The molecule has 2 aliphatic rings. The molecule has 0 aliphatic carbocycles. The van der Waals surface area contributed by atoms with Gasteiger partial charge in [0.2, 0.25) is 5.91 Å². The van der Waals surface area contributed by atoms with Gasteiger partial charge in [-0.1, -0.05) is 12.1 Å². The van der Waals surface area contributed by atoms with Crippen LogP contribution < -0.4 is 5.32 Å². The van der Waals surface area contributed by atoms with E-state index >= 15 is 0 Å². The van der Waals surface area contributed by atoms with E-state index in [9.17, 15) is 14.4 Å². The Morgan fingerprint density at radius 2 is 1.83 bits per heavy atom. The van der Waals surface area contributed by atoms with Crippen LogP contribution in [0.3, 0.4) is 0 Å². The molecule has 1 unspecified atom stereocenters. The van der Waals surface area contributed by atoms with E-state index in [4.69, 9.17) is 4.74 Å². The number of anilines is 1. The van der Waals surface area contributed by atoms with Crippen LogP contribution in [0.2, 0.25) is 0 Å². The highest BCUT2D eigenvalue weighted by Crippen LogP contribution is 2.24. The number of piperidine rings is 1. The first kappa shape index (κ1) is 20.6. The van der Waals surface area contributed by atoms with Gasteiger partial charge in [-0.3, -0.25) is 14.4 Å². The Balaban J connectivity index is 1.46. The molecule has 0 radical (unpaired) electrons. The molecule has 158 valence electrons. The third-order valence-electron chi connectivity index (χ3n) is 5.57. The number of hydrogen-bond acceptors (Lipinski definition) is 5. The van der Waals surface area contributed by atoms with Crippen LogP contribution in [0, 0.1) is 5.92 Å². The lowest BCUT2D eigenvalue weighted by atomic mass is 9.95. The monoisotopic (exact) mass is 427 g/mol. The number of rotatable bonds is 4. The number of carbonyl (C=O) groups is 3. The molecule has 4 rings (SSSR count). The van der Waals surface area contributed by atoms with Crippen molar-refractivity contribution in [2.24, 2.45) is 5.92 Å². The first-order chi connectivity index (χ1) is 14.6. The summed E-state index contributed by atoms with van der Waals surface area (Å²) in [6, 6.07) is 8.78. The fourth-order valence-electron chi connectivity index (χ4n) is 3.94. The fraction of sp³-hybridized carbons (Fsp3) is 0.409. The van der Waals surface area contributed by atoms with Crippen molar-refractivity contribution in [3.63, 3.8) is 0 Å². The van der Waals surface area contributed by atoms with E-state index in [2.05, 4.69) is 5.32 Å². The molecule has 2 aliphatic heterocycles. The zero-order chi connectivity index (χ0) is 20.9. The summed E-state index contributed by atoms with van der Waals surface area (Å²) >= 11 is 1.45. The van der Waals surface area contributed by atoms with Crippen LogP contribution in [-0.2, 0) is 9.53 Å². The maximum Gasteiger partial charge on any atom is 0.256 e. The lowest BCUT2D eigenvalue weighted by Crippen LogP contribution is -2.49. The smallest absolute Gasteiger partial charge is 0.256 e. The van der Waals surface area contributed by atoms with Crippen LogP contribution >= 0.6 is 11.3 Å². The molecule has 3 heterocycles. The number of benzene rings is 1. The van der Waals surface area contributed by atoms with Gasteiger partial charge in [-0.15, -0.1) is 0 Å². The number of morpholine rings is 1. The first-order valence-corrected chi connectivity index (χ1v) is 11.2. The molecule has 2 saturated heterocycles. The normalized spacial score (nSPS) is 19.4. The number of likely N-dealkylation sites (tertiary alicyclic amines) is 1. The van der Waals surface area contributed by atoms with E-state index in [0.717, 1.165) is 12.8 Å². The summed E-state index contributed by atoms with van der Waals surface area (Å²) in [5, 5.41) is 6.46. The predicted molar refractivity (Wildman–Crippen MR) is 115 cm³/mol. The predicted octanol–water partition coefficient (Wildman–Crippen LogP) is 2.71. The fourth-order valence-corrected chi connectivity index (χ4v) is 4.58. The van der Waals surface area contributed by atoms with Gasteiger partial charge in [0.05, 0.1) is 35.9 Å². The molecule has 0 spiro atoms. The molecule has 3 amide bonds. The first-order valence-electron chi connectivity index (χ1n) is 10.2. The lowest BCUT2D eigenvalue weighted by Gasteiger charge is -2.36. The van der Waals surface area contributed by atoms with E-state index in [1.807, 2.05) is 10.3 Å². The van der Waals surface area contributed by atoms with Crippen LogP contribution in [0.25, 0.3) is 0 Å². The standard InChI is InChI=1S/C22H25N3O4S/c26-20(17-7-13-30-15-17)23-19-6-2-1-5-18(19)22(28)25-8-3-4-16(14-25)21(27)24-9-11-29-12-10-24/h1-2,5-7,13,15-16H,3-4,8-12,14H2,(H,23,26). The highest BCUT2D eigenvalue weighted by Gasteiger charge is 2.32. The van der Waals surface area contributed by atoms with Crippen molar-refractivity contribution in [2.45, 2.75) is 12.8 Å². The van der Waals surface area contributed by atoms with Gasteiger partial charge in [0.15, 0.2) is 0 Å². The third kappa shape index (κ3) is 4.55. The molecule has 7 nitrogen and oxygen atoms in total. The molecule has 1 aromatic carbocycles. The Hall–Kier alpha value is -2.71. The van der Waals surface area contributed by atoms with E-state index in [-0.39, 0.29) is 23.6 Å². The van der Waals surface area contributed by atoms with Gasteiger partial charge in [0, 0.05) is 31.6 Å². The second-order valence-electron chi connectivity index (χ2n) is 7.54.